The number of rotatable bonds is 6. The summed E-state index contributed by atoms with van der Waals surface area (Å²) in [5, 5.41) is 0.668. The first-order valence-corrected chi connectivity index (χ1v) is 6.43. The van der Waals surface area contributed by atoms with Crippen molar-refractivity contribution in [3.05, 3.63) is 34.9 Å². The highest BCUT2D eigenvalue weighted by Crippen LogP contribution is 2.28. The van der Waals surface area contributed by atoms with Crippen LogP contribution in [0.15, 0.2) is 24.3 Å². The summed E-state index contributed by atoms with van der Waals surface area (Å²) in [7, 11) is 0. The Morgan fingerprint density at radius 3 is 2.47 bits per heavy atom. The number of Topliss-reactive ketones (excluding diaryl/α,β-unsaturated/α-hetero) is 1. The van der Waals surface area contributed by atoms with E-state index in [-0.39, 0.29) is 11.2 Å². The predicted octanol–water partition coefficient (Wildman–Crippen LogP) is 3.22. The van der Waals surface area contributed by atoms with E-state index in [9.17, 15) is 4.79 Å². The van der Waals surface area contributed by atoms with E-state index in [4.69, 9.17) is 17.3 Å². The summed E-state index contributed by atoms with van der Waals surface area (Å²) >= 11 is 5.91. The fraction of sp³-hybridized carbons (Fsp3) is 0.500. The molecule has 0 aliphatic rings. The van der Waals surface area contributed by atoms with Crippen LogP contribution in [0.1, 0.15) is 32.3 Å². The van der Waals surface area contributed by atoms with E-state index in [1.54, 1.807) is 0 Å². The zero-order chi connectivity index (χ0) is 12.9. The van der Waals surface area contributed by atoms with Gasteiger partial charge in [0.05, 0.1) is 0 Å². The number of ketones is 1. The third kappa shape index (κ3) is 3.30. The minimum Gasteiger partial charge on any atom is -0.329 e. The molecule has 0 fully saturated rings. The van der Waals surface area contributed by atoms with Gasteiger partial charge in [-0.15, -0.1) is 0 Å². The van der Waals surface area contributed by atoms with Crippen molar-refractivity contribution in [2.24, 2.45) is 11.1 Å². The number of benzene rings is 1. The van der Waals surface area contributed by atoms with E-state index in [0.29, 0.717) is 18.0 Å². The van der Waals surface area contributed by atoms with Gasteiger partial charge in [0.15, 0.2) is 0 Å². The van der Waals surface area contributed by atoms with E-state index < -0.39 is 0 Å². The molecule has 1 aromatic rings. The second kappa shape index (κ2) is 6.18. The Morgan fingerprint density at radius 2 is 2.00 bits per heavy atom. The number of carbonyl (C=O) groups excluding carboxylic acids is 1. The van der Waals surface area contributed by atoms with Crippen LogP contribution in [-0.2, 0) is 11.2 Å². The third-order valence-electron chi connectivity index (χ3n) is 3.59. The number of nitrogens with two attached hydrogens (primary N) is 1. The molecule has 0 bridgehead atoms. The molecular weight excluding hydrogens is 234 g/mol. The molecule has 0 aromatic heterocycles. The summed E-state index contributed by atoms with van der Waals surface area (Å²) in [6.07, 6.45) is 2.00. The summed E-state index contributed by atoms with van der Waals surface area (Å²) in [6, 6.07) is 7.45. The summed E-state index contributed by atoms with van der Waals surface area (Å²) in [5.74, 6) is 0.215. The maximum atomic E-state index is 12.3. The molecule has 1 rings (SSSR count). The van der Waals surface area contributed by atoms with Crippen molar-refractivity contribution in [1.82, 2.24) is 0 Å². The molecule has 0 atom stereocenters. The molecule has 0 saturated heterocycles. The van der Waals surface area contributed by atoms with Crippen LogP contribution in [0.25, 0.3) is 0 Å². The van der Waals surface area contributed by atoms with Crippen LogP contribution in [0.4, 0.5) is 0 Å². The van der Waals surface area contributed by atoms with Crippen LogP contribution in [0.3, 0.4) is 0 Å². The molecule has 0 spiro atoms. The Morgan fingerprint density at radius 1 is 1.35 bits per heavy atom. The largest absolute Gasteiger partial charge is 0.329 e. The van der Waals surface area contributed by atoms with Crippen LogP contribution < -0.4 is 5.73 Å². The summed E-state index contributed by atoms with van der Waals surface area (Å²) in [6.45, 7) is 4.46. The average Bonchev–Trinajstić information content (AvgIpc) is 2.32. The topological polar surface area (TPSA) is 43.1 Å². The number of halogens is 1. The van der Waals surface area contributed by atoms with E-state index in [2.05, 4.69) is 0 Å². The standard InChI is InChI=1S/C14H20ClNO/c1-3-14(4-2,10-16)13(17)9-11-6-5-7-12(15)8-11/h5-8H,3-4,9-10,16H2,1-2H3. The van der Waals surface area contributed by atoms with Gasteiger partial charge in [-0.3, -0.25) is 4.79 Å². The zero-order valence-electron chi connectivity index (χ0n) is 10.5. The highest BCUT2D eigenvalue weighted by Gasteiger charge is 2.32. The van der Waals surface area contributed by atoms with Gasteiger partial charge in [0.2, 0.25) is 0 Å². The average molecular weight is 254 g/mol. The molecule has 0 aliphatic carbocycles. The maximum absolute atomic E-state index is 12.3. The Kier molecular flexibility index (Phi) is 5.16. The van der Waals surface area contributed by atoms with Gasteiger partial charge in [0.1, 0.15) is 5.78 Å². The van der Waals surface area contributed by atoms with Crippen molar-refractivity contribution in [2.75, 3.05) is 6.54 Å². The molecule has 0 aliphatic heterocycles. The fourth-order valence-electron chi connectivity index (χ4n) is 2.07. The van der Waals surface area contributed by atoms with Crippen molar-refractivity contribution < 1.29 is 4.79 Å². The van der Waals surface area contributed by atoms with Crippen LogP contribution >= 0.6 is 11.6 Å². The van der Waals surface area contributed by atoms with Gasteiger partial charge in [-0.05, 0) is 30.5 Å². The maximum Gasteiger partial charge on any atom is 0.144 e. The van der Waals surface area contributed by atoms with Gasteiger partial charge in [-0.2, -0.15) is 0 Å². The van der Waals surface area contributed by atoms with Gasteiger partial charge in [-0.25, -0.2) is 0 Å². The normalized spacial score (nSPS) is 11.5. The third-order valence-corrected chi connectivity index (χ3v) is 3.82. The van der Waals surface area contributed by atoms with Gasteiger partial charge < -0.3 is 5.73 Å². The van der Waals surface area contributed by atoms with Crippen LogP contribution in [-0.4, -0.2) is 12.3 Å². The highest BCUT2D eigenvalue weighted by atomic mass is 35.5. The number of hydrogen-bond acceptors (Lipinski definition) is 2. The monoisotopic (exact) mass is 253 g/mol. The lowest BCUT2D eigenvalue weighted by atomic mass is 9.76. The minimum absolute atomic E-state index is 0.215. The summed E-state index contributed by atoms with van der Waals surface area (Å²) in [4.78, 5) is 12.3. The molecule has 1 aromatic carbocycles. The number of hydrogen-bond donors (Lipinski definition) is 1. The van der Waals surface area contributed by atoms with Crippen molar-refractivity contribution in [1.29, 1.82) is 0 Å². The molecule has 2 N–H and O–H groups in total. The first-order chi connectivity index (χ1) is 8.07. The lowest BCUT2D eigenvalue weighted by Gasteiger charge is -2.28. The molecule has 0 saturated carbocycles. The SMILES string of the molecule is CCC(CC)(CN)C(=O)Cc1cccc(Cl)c1. The van der Waals surface area contributed by atoms with Crippen LogP contribution in [0, 0.1) is 5.41 Å². The lowest BCUT2D eigenvalue weighted by molar-refractivity contribution is -0.128. The molecule has 0 heterocycles. The van der Waals surface area contributed by atoms with Gasteiger partial charge >= 0.3 is 0 Å². The van der Waals surface area contributed by atoms with Gasteiger partial charge in [0.25, 0.3) is 0 Å². The second-order valence-electron chi connectivity index (χ2n) is 4.42. The summed E-state index contributed by atoms with van der Waals surface area (Å²) in [5.41, 5.74) is 6.35. The van der Waals surface area contributed by atoms with Gasteiger partial charge in [-0.1, -0.05) is 37.6 Å². The Bertz CT molecular complexity index is 377. The highest BCUT2D eigenvalue weighted by molar-refractivity contribution is 6.30. The molecular formula is C14H20ClNO. The molecule has 94 valence electrons. The Labute approximate surface area is 108 Å². The molecule has 0 radical (unpaired) electrons. The van der Waals surface area contributed by atoms with Crippen LogP contribution in [0.5, 0.6) is 0 Å². The summed E-state index contributed by atoms with van der Waals surface area (Å²) < 4.78 is 0. The Balaban J connectivity index is 2.84. The van der Waals surface area contributed by atoms with Crippen molar-refractivity contribution in [2.45, 2.75) is 33.1 Å². The van der Waals surface area contributed by atoms with E-state index in [0.717, 1.165) is 18.4 Å². The number of carbonyl (C=O) groups is 1. The quantitative estimate of drug-likeness (QED) is 0.846. The van der Waals surface area contributed by atoms with Crippen molar-refractivity contribution in [3.63, 3.8) is 0 Å². The molecule has 3 heteroatoms. The van der Waals surface area contributed by atoms with Crippen molar-refractivity contribution in [3.8, 4) is 0 Å². The fourth-order valence-corrected chi connectivity index (χ4v) is 2.28. The first-order valence-electron chi connectivity index (χ1n) is 6.05. The van der Waals surface area contributed by atoms with Crippen molar-refractivity contribution >= 4 is 17.4 Å². The lowest BCUT2D eigenvalue weighted by Crippen LogP contribution is -2.38. The first kappa shape index (κ1) is 14.2. The smallest absolute Gasteiger partial charge is 0.144 e. The van der Waals surface area contributed by atoms with E-state index in [1.165, 1.54) is 0 Å². The predicted molar refractivity (Wildman–Crippen MR) is 72.2 cm³/mol. The van der Waals surface area contributed by atoms with Crippen LogP contribution in [0.2, 0.25) is 5.02 Å². The minimum atomic E-state index is -0.373. The van der Waals surface area contributed by atoms with Gasteiger partial charge in [0, 0.05) is 23.4 Å². The van der Waals surface area contributed by atoms with E-state index in [1.807, 2.05) is 38.1 Å². The van der Waals surface area contributed by atoms with E-state index >= 15 is 0 Å². The Hall–Kier alpha value is -0.860. The molecule has 0 unspecified atom stereocenters. The zero-order valence-corrected chi connectivity index (χ0v) is 11.3. The molecule has 2 nitrogen and oxygen atoms in total. The molecule has 0 amide bonds. The second-order valence-corrected chi connectivity index (χ2v) is 4.86. The molecule has 17 heavy (non-hydrogen) atoms.